The van der Waals surface area contributed by atoms with Crippen LogP contribution in [0, 0.1) is 12.1 Å². The van der Waals surface area contributed by atoms with Gasteiger partial charge in [0.05, 0.1) is 11.0 Å². The van der Waals surface area contributed by atoms with Crippen LogP contribution in [-0.2, 0) is 51.0 Å². The zero-order valence-corrected chi connectivity index (χ0v) is 61.3. The van der Waals surface area contributed by atoms with E-state index in [0.717, 1.165) is 32.7 Å². The van der Waals surface area contributed by atoms with Crippen LogP contribution in [0.15, 0.2) is 211 Å². The smallest absolute Gasteiger partial charge is 0 e. The van der Waals surface area contributed by atoms with E-state index >= 15 is 0 Å². The van der Waals surface area contributed by atoms with Crippen molar-refractivity contribution in [2.75, 3.05) is 0 Å². The van der Waals surface area contributed by atoms with Crippen LogP contribution in [0.4, 0.5) is 0 Å². The minimum absolute atomic E-state index is 0. The van der Waals surface area contributed by atoms with Gasteiger partial charge in [0.1, 0.15) is 0 Å². The first-order valence-corrected chi connectivity index (χ1v) is 43.6. The van der Waals surface area contributed by atoms with Crippen molar-refractivity contribution in [1.82, 2.24) is 19.5 Å². The van der Waals surface area contributed by atoms with E-state index in [1.54, 1.807) is 6.20 Å². The van der Waals surface area contributed by atoms with Crippen molar-refractivity contribution in [2.24, 2.45) is 0 Å². The van der Waals surface area contributed by atoms with Gasteiger partial charge < -0.3 is 19.5 Å². The molecule has 4 nitrogen and oxygen atoms in total. The van der Waals surface area contributed by atoms with Crippen LogP contribution in [-0.4, -0.2) is 19.5 Å². The molecule has 12 aromatic rings. The van der Waals surface area contributed by atoms with Crippen LogP contribution < -0.4 is 13.3 Å². The van der Waals surface area contributed by atoms with E-state index in [9.17, 15) is 0 Å². The maximum Gasteiger partial charge on any atom is 0 e. The Morgan fingerprint density at radius 2 is 0.974 bits per heavy atom. The zero-order chi connectivity index (χ0) is 51.6. The minimum atomic E-state index is -0.0367. The van der Waals surface area contributed by atoms with Crippen LogP contribution in [0.25, 0.3) is 94.1 Å². The number of pyridine rings is 2. The van der Waals surface area contributed by atoms with Gasteiger partial charge in [-0.25, -0.2) is 0 Å². The molecule has 0 unspecified atom stereocenters. The number of aromatic nitrogens is 4. The third-order valence-electron chi connectivity index (χ3n) is 14.3. The summed E-state index contributed by atoms with van der Waals surface area (Å²) in [5.41, 5.74) is 21.1. The summed E-state index contributed by atoms with van der Waals surface area (Å²) >= 11 is 13.0. The van der Waals surface area contributed by atoms with Gasteiger partial charge in [0, 0.05) is 133 Å². The zero-order valence-electron chi connectivity index (χ0n) is 41.8. The molecule has 0 spiro atoms. The number of H-pyrrole nitrogens is 1. The summed E-state index contributed by atoms with van der Waals surface area (Å²) in [6.07, 6.45) is 3.61. The van der Waals surface area contributed by atoms with Crippen LogP contribution in [0.1, 0.15) is 49.9 Å². The molecule has 14 rings (SSSR count). The summed E-state index contributed by atoms with van der Waals surface area (Å²) in [7, 11) is 0. The predicted octanol–water partition coefficient (Wildman–Crippen LogP) is 18.1. The Bertz CT molecular complexity index is 3980. The summed E-state index contributed by atoms with van der Waals surface area (Å²) in [5.74, 6) is 0. The molecular weight excluding hydrogens is 2050 g/mol. The molecule has 0 aliphatic heterocycles. The van der Waals surface area contributed by atoms with Crippen LogP contribution in [0.3, 0.4) is 0 Å². The van der Waals surface area contributed by atoms with E-state index in [0.29, 0.717) is 13.3 Å². The predicted molar refractivity (Wildman–Crippen MR) is 361 cm³/mol. The first kappa shape index (κ1) is 62.4. The van der Waals surface area contributed by atoms with Gasteiger partial charge in [0.25, 0.3) is 0 Å². The van der Waals surface area contributed by atoms with Crippen molar-refractivity contribution < 1.29 is 53.5 Å². The van der Waals surface area contributed by atoms with Gasteiger partial charge in [-0.1, -0.05) is 157 Å². The average Bonchev–Trinajstić information content (AvgIpc) is 4.15. The molecule has 0 atom stereocenters. The van der Waals surface area contributed by atoms with E-state index in [-0.39, 0.29) is 75.0 Å². The summed E-state index contributed by atoms with van der Waals surface area (Å²) in [6.45, 7) is 9.33. The standard InChI is InChI=1S/C32H23N2.C21H17N.C11H7BrN.I3.I2.HI.2Ir/c1-32(2)27-14-5-3-12-23(27)25-19-26-24-13-4-6-16-30(24)34(31(26)20-28(25)32)22-11-9-10-21(18-22)29-15-7-8-17-33-29;1-21(2)17-9-5-3-7-13(17)15-11-16-14-8-4-6-10-19(14)22-20(16)12-18(15)21;12-10-5-3-4-9(8-10)11-6-1-2-7-13-11;1-3-2;1-2;;;/h3-9,11-20H,1-2H3;3-12,22H,1-2H3;1-3,5-8H;;;1H;;/q-1;;2*-1;;;;. The minimum Gasteiger partial charge on any atom is 0 e. The number of hydrogen-bond acceptors (Lipinski definition) is 2. The fourth-order valence-corrected chi connectivity index (χ4v) is 11.2. The van der Waals surface area contributed by atoms with E-state index < -0.39 is 0 Å². The number of para-hydroxylation sites is 2. The first-order chi connectivity index (χ1) is 36.1. The van der Waals surface area contributed by atoms with E-state index in [4.69, 9.17) is 0 Å². The van der Waals surface area contributed by atoms with Gasteiger partial charge in [0.15, 0.2) is 0 Å². The fraction of sp³-hybridized carbons (Fsp3) is 0.0938. The van der Waals surface area contributed by atoms with Gasteiger partial charge in [-0.05, 0) is 110 Å². The third kappa shape index (κ3) is 12.6. The molecule has 13 heteroatoms. The quantitative estimate of drug-likeness (QED) is 0.142. The Kier molecular flexibility index (Phi) is 22.5. The molecule has 2 aliphatic rings. The number of fused-ring (bicyclic) bond motifs is 12. The average molecular weight is 2100 g/mol. The molecule has 394 valence electrons. The van der Waals surface area contributed by atoms with Crippen molar-refractivity contribution in [3.63, 3.8) is 0 Å². The molecule has 77 heavy (non-hydrogen) atoms. The van der Waals surface area contributed by atoms with Gasteiger partial charge in [-0.3, -0.25) is 0 Å². The van der Waals surface area contributed by atoms with Crippen molar-refractivity contribution in [3.8, 4) is 50.5 Å². The van der Waals surface area contributed by atoms with Crippen molar-refractivity contribution in [2.45, 2.75) is 38.5 Å². The molecule has 0 fully saturated rings. The molecule has 4 aromatic heterocycles. The topological polar surface area (TPSA) is 46.5 Å². The molecule has 0 bridgehead atoms. The first-order valence-electron chi connectivity index (χ1n) is 23.9. The van der Waals surface area contributed by atoms with E-state index in [1.807, 2.05) is 66.9 Å². The number of nitrogens with zero attached hydrogens (tertiary/aromatic N) is 3. The maximum atomic E-state index is 4.54. The van der Waals surface area contributed by atoms with Crippen LogP contribution in [0.2, 0.25) is 0 Å². The summed E-state index contributed by atoms with van der Waals surface area (Å²) < 4.78 is 3.44. The molecule has 0 saturated heterocycles. The number of rotatable bonds is 3. The van der Waals surface area contributed by atoms with Gasteiger partial charge >= 0.3 is 50.5 Å². The van der Waals surface area contributed by atoms with E-state index in [2.05, 4.69) is 283 Å². The second kappa shape index (κ2) is 27.7. The molecule has 0 amide bonds. The third-order valence-corrected chi connectivity index (χ3v) is 14.8. The van der Waals surface area contributed by atoms with Gasteiger partial charge in [-0.2, -0.15) is 0 Å². The molecule has 2 aliphatic carbocycles. The molecule has 0 saturated carbocycles. The number of hydrogen-bond donors (Lipinski definition) is 1. The largest absolute Gasteiger partial charge is 0 e. The van der Waals surface area contributed by atoms with Crippen molar-refractivity contribution in [1.29, 1.82) is 0 Å². The second-order valence-electron chi connectivity index (χ2n) is 19.1. The summed E-state index contributed by atoms with van der Waals surface area (Å²) in [6, 6.07) is 75.0. The maximum absolute atomic E-state index is 4.54. The molecule has 2 radical (unpaired) electrons. The van der Waals surface area contributed by atoms with Crippen LogP contribution >= 0.6 is 114 Å². The number of halogens is 7. The van der Waals surface area contributed by atoms with Gasteiger partial charge in [0.2, 0.25) is 0 Å². The van der Waals surface area contributed by atoms with Crippen LogP contribution in [0.5, 0.6) is 0 Å². The number of aromatic amines is 1. The molecule has 8 aromatic carbocycles. The van der Waals surface area contributed by atoms with Crippen molar-refractivity contribution >= 4 is 158 Å². The Labute approximate surface area is 556 Å². The number of nitrogens with one attached hydrogen (secondary N) is 1. The monoisotopic (exact) mass is 2100 g/mol. The Balaban J connectivity index is 0.000000172. The van der Waals surface area contributed by atoms with Gasteiger partial charge in [-0.15, -0.1) is 83.6 Å². The van der Waals surface area contributed by atoms with E-state index in [1.165, 1.54) is 88.1 Å². The number of benzene rings is 8. The summed E-state index contributed by atoms with van der Waals surface area (Å²) in [4.78, 5) is 12.4. The second-order valence-corrected chi connectivity index (χ2v) is 36.2. The SMILES string of the molecule is Brc1cc[c-]c(-c2ccccn2)c1.CC1(C)c2ccccc2-c2cc3c(cc21)[nH]c1ccccc13.CC1(C)c2ccccc2-c2cc3c4ccccc4n(-c4cc[c-]c(-c5ccccn5)c4)c3cc21.I.II.I[I-]I.[Ir].[Ir]. The molecular formula is C64H48BrI6Ir2N4-3. The molecule has 4 heterocycles. The van der Waals surface area contributed by atoms with Crippen molar-refractivity contribution in [3.05, 3.63) is 245 Å². The summed E-state index contributed by atoms with van der Waals surface area (Å²) in [5, 5.41) is 5.19. The molecule has 1 N–H and O–H groups in total. The Hall–Kier alpha value is -2.18. The fourth-order valence-electron chi connectivity index (χ4n) is 10.9. The normalized spacial score (nSPS) is 12.5. The Morgan fingerprint density at radius 1 is 0.481 bits per heavy atom. The Morgan fingerprint density at radius 3 is 1.56 bits per heavy atom.